The fourth-order valence-corrected chi connectivity index (χ4v) is 4.15. The van der Waals surface area contributed by atoms with Crippen LogP contribution in [0.4, 0.5) is 0 Å². The first-order valence-electron chi connectivity index (χ1n) is 10.9. The number of benzene rings is 2. The molecule has 0 radical (unpaired) electrons. The zero-order valence-corrected chi connectivity index (χ0v) is 18.4. The highest BCUT2D eigenvalue weighted by atomic mass is 16.5. The van der Waals surface area contributed by atoms with E-state index in [1.165, 1.54) is 12.7 Å². The molecule has 0 amide bonds. The number of fused-ring (bicyclic) bond motifs is 1. The fraction of sp³-hybridized carbons (Fsp3) is 0.320. The van der Waals surface area contributed by atoms with Crippen LogP contribution in [0.3, 0.4) is 0 Å². The molecule has 7 nitrogen and oxygen atoms in total. The van der Waals surface area contributed by atoms with Crippen molar-refractivity contribution in [3.05, 3.63) is 88.0 Å². The average Bonchev–Trinajstić information content (AvgIpc) is 3.22. The van der Waals surface area contributed by atoms with E-state index in [0.29, 0.717) is 29.7 Å². The highest BCUT2D eigenvalue weighted by Crippen LogP contribution is 2.25. The third kappa shape index (κ3) is 4.57. The molecule has 4 aromatic rings. The molecule has 0 bridgehead atoms. The topological polar surface area (TPSA) is 93.0 Å². The molecule has 2 N–H and O–H groups in total. The van der Waals surface area contributed by atoms with E-state index in [1.807, 2.05) is 48.5 Å². The van der Waals surface area contributed by atoms with E-state index in [9.17, 15) is 9.90 Å². The summed E-state index contributed by atoms with van der Waals surface area (Å²) in [5.74, 6) is 0.803. The maximum Gasteiger partial charge on any atom is 0.268 e. The molecule has 166 valence electrons. The molecule has 0 saturated heterocycles. The summed E-state index contributed by atoms with van der Waals surface area (Å²) in [5.41, 5.74) is 2.41. The Morgan fingerprint density at radius 3 is 2.34 bits per heavy atom. The van der Waals surface area contributed by atoms with E-state index in [0.717, 1.165) is 18.4 Å². The molecule has 2 atom stereocenters. The predicted molar refractivity (Wildman–Crippen MR) is 124 cm³/mol. The van der Waals surface area contributed by atoms with Crippen molar-refractivity contribution in [1.29, 1.82) is 0 Å². The number of aryl methyl sites for hydroxylation is 1. The smallest absolute Gasteiger partial charge is 0.268 e. The average molecular weight is 433 g/mol. The molecular formula is C25H28N4O3. The monoisotopic (exact) mass is 432 g/mol. The van der Waals surface area contributed by atoms with Gasteiger partial charge < -0.3 is 9.84 Å². The zero-order valence-electron chi connectivity index (χ0n) is 18.4. The summed E-state index contributed by atoms with van der Waals surface area (Å²) in [5, 5.41) is 17.9. The first kappa shape index (κ1) is 21.8. The third-order valence-corrected chi connectivity index (χ3v) is 5.76. The number of aromatic nitrogens is 4. The standard InChI is InChI=1S/C25H28N4O3/c1-17(30)20(15-9-14-18-10-5-3-6-11-18)29-21(16-19-12-7-4-8-13-19)26-23-22(25(29)31)24(32-2)28-27-23/h3-8,10-13,17,20,30H,9,14-16H2,1-2H3,(H,27,28). The van der Waals surface area contributed by atoms with Crippen molar-refractivity contribution in [1.82, 2.24) is 19.7 Å². The van der Waals surface area contributed by atoms with E-state index in [2.05, 4.69) is 22.3 Å². The molecule has 2 unspecified atom stereocenters. The van der Waals surface area contributed by atoms with Crippen LogP contribution in [-0.2, 0) is 12.8 Å². The Labute approximate surface area is 186 Å². The van der Waals surface area contributed by atoms with Gasteiger partial charge in [-0.2, -0.15) is 0 Å². The SMILES string of the molecule is COc1n[nH]c2nc(Cc3ccccc3)n(C(CCCc3ccccc3)C(C)O)c(=O)c12. The van der Waals surface area contributed by atoms with Crippen LogP contribution in [0.2, 0.25) is 0 Å². The van der Waals surface area contributed by atoms with E-state index in [-0.39, 0.29) is 11.4 Å². The van der Waals surface area contributed by atoms with Crippen LogP contribution in [0.1, 0.15) is 42.8 Å². The molecule has 7 heteroatoms. The van der Waals surface area contributed by atoms with Gasteiger partial charge in [-0.3, -0.25) is 14.5 Å². The second-order valence-corrected chi connectivity index (χ2v) is 8.01. The third-order valence-electron chi connectivity index (χ3n) is 5.76. The Balaban J connectivity index is 1.74. The molecule has 0 saturated carbocycles. The van der Waals surface area contributed by atoms with Crippen molar-refractivity contribution in [2.24, 2.45) is 0 Å². The number of aliphatic hydroxyl groups is 1. The van der Waals surface area contributed by atoms with Gasteiger partial charge in [0.2, 0.25) is 5.88 Å². The highest BCUT2D eigenvalue weighted by Gasteiger charge is 2.25. The Bertz CT molecular complexity index is 1220. The second-order valence-electron chi connectivity index (χ2n) is 8.01. The minimum absolute atomic E-state index is 0.214. The number of nitrogens with one attached hydrogen (secondary N) is 1. The lowest BCUT2D eigenvalue weighted by Gasteiger charge is -2.25. The summed E-state index contributed by atoms with van der Waals surface area (Å²) >= 11 is 0. The van der Waals surface area contributed by atoms with Crippen LogP contribution in [0.15, 0.2) is 65.5 Å². The number of hydrogen-bond donors (Lipinski definition) is 2. The molecular weight excluding hydrogens is 404 g/mol. The van der Waals surface area contributed by atoms with Gasteiger partial charge in [-0.05, 0) is 37.3 Å². The normalized spacial score (nSPS) is 13.2. The zero-order chi connectivity index (χ0) is 22.5. The maximum atomic E-state index is 13.6. The number of hydrogen-bond acceptors (Lipinski definition) is 5. The van der Waals surface area contributed by atoms with Gasteiger partial charge in [-0.15, -0.1) is 5.10 Å². The number of H-pyrrole nitrogens is 1. The van der Waals surface area contributed by atoms with Crippen molar-refractivity contribution >= 4 is 11.0 Å². The molecule has 0 fully saturated rings. The molecule has 0 aliphatic heterocycles. The molecule has 2 aromatic carbocycles. The lowest BCUT2D eigenvalue weighted by Crippen LogP contribution is -2.34. The molecule has 0 aliphatic carbocycles. The summed E-state index contributed by atoms with van der Waals surface area (Å²) in [6, 6.07) is 19.7. The van der Waals surface area contributed by atoms with Crippen molar-refractivity contribution in [2.45, 2.75) is 44.8 Å². The van der Waals surface area contributed by atoms with Gasteiger partial charge in [0.05, 0.1) is 19.3 Å². The van der Waals surface area contributed by atoms with Gasteiger partial charge in [0.15, 0.2) is 5.65 Å². The summed E-state index contributed by atoms with van der Waals surface area (Å²) in [6.07, 6.45) is 2.08. The summed E-state index contributed by atoms with van der Waals surface area (Å²) in [7, 11) is 1.48. The Morgan fingerprint density at radius 2 is 1.72 bits per heavy atom. The van der Waals surface area contributed by atoms with Crippen molar-refractivity contribution in [3.8, 4) is 5.88 Å². The number of aliphatic hydroxyl groups excluding tert-OH is 1. The number of nitrogens with zero attached hydrogens (tertiary/aromatic N) is 3. The van der Waals surface area contributed by atoms with Gasteiger partial charge >= 0.3 is 0 Å². The van der Waals surface area contributed by atoms with E-state index >= 15 is 0 Å². The van der Waals surface area contributed by atoms with Gasteiger partial charge in [0, 0.05) is 6.42 Å². The molecule has 32 heavy (non-hydrogen) atoms. The van der Waals surface area contributed by atoms with Crippen molar-refractivity contribution < 1.29 is 9.84 Å². The van der Waals surface area contributed by atoms with Gasteiger partial charge in [0.1, 0.15) is 11.2 Å². The molecule has 2 aromatic heterocycles. The van der Waals surface area contributed by atoms with Crippen LogP contribution in [0, 0.1) is 0 Å². The number of methoxy groups -OCH3 is 1. The van der Waals surface area contributed by atoms with E-state index in [1.54, 1.807) is 11.5 Å². The van der Waals surface area contributed by atoms with Crippen molar-refractivity contribution in [2.75, 3.05) is 7.11 Å². The van der Waals surface area contributed by atoms with Gasteiger partial charge in [0.25, 0.3) is 5.56 Å². The quantitative estimate of drug-likeness (QED) is 0.421. The van der Waals surface area contributed by atoms with Crippen LogP contribution < -0.4 is 10.3 Å². The molecule has 2 heterocycles. The minimum Gasteiger partial charge on any atom is -0.479 e. The second kappa shape index (κ2) is 9.78. The minimum atomic E-state index is -0.727. The Kier molecular flexibility index (Phi) is 6.66. The molecule has 0 aliphatic rings. The summed E-state index contributed by atoms with van der Waals surface area (Å²) in [6.45, 7) is 1.72. The number of ether oxygens (including phenoxy) is 1. The lowest BCUT2D eigenvalue weighted by molar-refractivity contribution is 0.119. The van der Waals surface area contributed by atoms with Crippen molar-refractivity contribution in [3.63, 3.8) is 0 Å². The Hall–Kier alpha value is -3.45. The van der Waals surface area contributed by atoms with Gasteiger partial charge in [-0.1, -0.05) is 60.7 Å². The predicted octanol–water partition coefficient (Wildman–Crippen LogP) is 3.66. The molecule has 4 rings (SSSR count). The van der Waals surface area contributed by atoms with Crippen LogP contribution in [0.25, 0.3) is 11.0 Å². The largest absolute Gasteiger partial charge is 0.479 e. The Morgan fingerprint density at radius 1 is 1.06 bits per heavy atom. The highest BCUT2D eigenvalue weighted by molar-refractivity contribution is 5.79. The maximum absolute atomic E-state index is 13.6. The number of rotatable bonds is 9. The van der Waals surface area contributed by atoms with E-state index < -0.39 is 12.1 Å². The summed E-state index contributed by atoms with van der Waals surface area (Å²) < 4.78 is 6.92. The summed E-state index contributed by atoms with van der Waals surface area (Å²) in [4.78, 5) is 18.4. The first-order chi connectivity index (χ1) is 15.6. The lowest BCUT2D eigenvalue weighted by atomic mass is 10.0. The molecule has 0 spiro atoms. The first-order valence-corrected chi connectivity index (χ1v) is 10.9. The van der Waals surface area contributed by atoms with Crippen LogP contribution in [-0.4, -0.2) is 38.1 Å². The van der Waals surface area contributed by atoms with Crippen LogP contribution >= 0.6 is 0 Å². The van der Waals surface area contributed by atoms with Crippen LogP contribution in [0.5, 0.6) is 5.88 Å². The number of aromatic amines is 1. The fourth-order valence-electron chi connectivity index (χ4n) is 4.15. The van der Waals surface area contributed by atoms with Gasteiger partial charge in [-0.25, -0.2) is 4.98 Å². The van der Waals surface area contributed by atoms with E-state index in [4.69, 9.17) is 9.72 Å².